The van der Waals surface area contributed by atoms with Crippen LogP contribution < -0.4 is 4.90 Å². The van der Waals surface area contributed by atoms with Crippen molar-refractivity contribution in [1.82, 2.24) is 9.97 Å². The quantitative estimate of drug-likeness (QED) is 0.474. The van der Waals surface area contributed by atoms with Gasteiger partial charge in [0, 0.05) is 25.6 Å². The molecule has 2 rings (SSSR count). The first-order chi connectivity index (χ1) is 10.6. The summed E-state index contributed by atoms with van der Waals surface area (Å²) in [5.74, 6) is 0.221. The summed E-state index contributed by atoms with van der Waals surface area (Å²) in [6.45, 7) is -0.0227. The number of nitro benzene ring substituents is 1. The fraction of sp³-hybridized carbons (Fsp3) is 0.154. The van der Waals surface area contributed by atoms with Crippen LogP contribution in [0.15, 0.2) is 30.6 Å². The number of nitrogens with zero attached hydrogens (tertiary/aromatic N) is 5. The van der Waals surface area contributed by atoms with E-state index in [9.17, 15) is 10.1 Å². The highest BCUT2D eigenvalue weighted by Gasteiger charge is 2.24. The number of methoxy groups -OCH3 is 1. The number of hydrogen-bond donors (Lipinski definition) is 0. The molecule has 0 N–H and O–H groups in total. The molecular formula is C13H10ClN5O3. The highest BCUT2D eigenvalue weighted by atomic mass is 35.5. The number of nitro groups is 1. The molecule has 0 aliphatic rings. The predicted molar refractivity (Wildman–Crippen MR) is 78.9 cm³/mol. The van der Waals surface area contributed by atoms with Gasteiger partial charge in [0.15, 0.2) is 11.0 Å². The molecule has 8 nitrogen and oxygen atoms in total. The van der Waals surface area contributed by atoms with E-state index < -0.39 is 4.92 Å². The Hall–Kier alpha value is -2.76. The summed E-state index contributed by atoms with van der Waals surface area (Å²) in [7, 11) is 1.44. The third kappa shape index (κ3) is 3.11. The smallest absolute Gasteiger partial charge is 0.294 e. The lowest BCUT2D eigenvalue weighted by molar-refractivity contribution is -0.384. The Morgan fingerprint density at radius 3 is 2.77 bits per heavy atom. The van der Waals surface area contributed by atoms with Crippen LogP contribution in [0.2, 0.25) is 5.15 Å². The van der Waals surface area contributed by atoms with Crippen molar-refractivity contribution < 1.29 is 9.66 Å². The van der Waals surface area contributed by atoms with E-state index in [1.165, 1.54) is 42.6 Å². The van der Waals surface area contributed by atoms with Crippen LogP contribution in [0.4, 0.5) is 17.2 Å². The molecule has 9 heteroatoms. The summed E-state index contributed by atoms with van der Waals surface area (Å²) in [6.07, 6.45) is 2.82. The van der Waals surface area contributed by atoms with E-state index in [0.717, 1.165) is 0 Å². The lowest BCUT2D eigenvalue weighted by atomic mass is 10.1. The molecule has 0 radical (unpaired) electrons. The molecule has 0 spiro atoms. The molecule has 0 aliphatic carbocycles. The zero-order valence-electron chi connectivity index (χ0n) is 11.4. The van der Waals surface area contributed by atoms with Crippen molar-refractivity contribution in [3.8, 4) is 6.07 Å². The molecule has 2 aromatic rings. The standard InChI is InChI=1S/C13H10ClN5O3/c1-22-8-18(13-12(14)16-4-5-17-13)10-3-2-9(7-15)6-11(10)19(20)21/h2-6H,8H2,1H3. The van der Waals surface area contributed by atoms with Gasteiger partial charge in [0.05, 0.1) is 16.6 Å². The average molecular weight is 320 g/mol. The SMILES string of the molecule is COCN(c1ccc(C#N)cc1[N+](=O)[O-])c1nccnc1Cl. The normalized spacial score (nSPS) is 10.0. The first-order valence-corrected chi connectivity index (χ1v) is 6.37. The molecule has 0 aliphatic heterocycles. The molecule has 0 saturated heterocycles. The van der Waals surface area contributed by atoms with Crippen LogP contribution >= 0.6 is 11.6 Å². The summed E-state index contributed by atoms with van der Waals surface area (Å²) >= 11 is 6.00. The summed E-state index contributed by atoms with van der Waals surface area (Å²) in [5.41, 5.74) is 0.129. The lowest BCUT2D eigenvalue weighted by Gasteiger charge is -2.22. The molecule has 1 heterocycles. The van der Waals surface area contributed by atoms with E-state index in [4.69, 9.17) is 21.6 Å². The van der Waals surface area contributed by atoms with Crippen molar-refractivity contribution in [3.05, 3.63) is 51.4 Å². The number of nitriles is 1. The second-order valence-electron chi connectivity index (χ2n) is 4.09. The van der Waals surface area contributed by atoms with E-state index in [-0.39, 0.29) is 34.6 Å². The van der Waals surface area contributed by atoms with Crippen LogP contribution in [0, 0.1) is 21.4 Å². The number of rotatable bonds is 5. The number of anilines is 2. The molecule has 0 saturated carbocycles. The Morgan fingerprint density at radius 1 is 1.45 bits per heavy atom. The second kappa shape index (κ2) is 6.80. The van der Waals surface area contributed by atoms with E-state index >= 15 is 0 Å². The minimum absolute atomic E-state index is 0.0227. The Kier molecular flexibility index (Phi) is 4.83. The van der Waals surface area contributed by atoms with Gasteiger partial charge in [-0.15, -0.1) is 0 Å². The molecule has 1 aromatic carbocycles. The molecule has 0 unspecified atom stereocenters. The van der Waals surface area contributed by atoms with Gasteiger partial charge < -0.3 is 4.74 Å². The van der Waals surface area contributed by atoms with Gasteiger partial charge in [0.2, 0.25) is 0 Å². The Bertz CT molecular complexity index is 747. The highest BCUT2D eigenvalue weighted by molar-refractivity contribution is 6.31. The molecule has 22 heavy (non-hydrogen) atoms. The highest BCUT2D eigenvalue weighted by Crippen LogP contribution is 2.35. The minimum atomic E-state index is -0.580. The molecule has 1 aromatic heterocycles. The van der Waals surface area contributed by atoms with Crippen LogP contribution in [-0.4, -0.2) is 28.7 Å². The third-order valence-corrected chi connectivity index (χ3v) is 3.01. The van der Waals surface area contributed by atoms with Gasteiger partial charge in [0.1, 0.15) is 12.4 Å². The fourth-order valence-corrected chi connectivity index (χ4v) is 2.04. The van der Waals surface area contributed by atoms with Crippen molar-refractivity contribution in [2.75, 3.05) is 18.7 Å². The molecule has 0 fully saturated rings. The predicted octanol–water partition coefficient (Wildman–Crippen LogP) is 2.65. The van der Waals surface area contributed by atoms with Gasteiger partial charge in [-0.05, 0) is 12.1 Å². The lowest BCUT2D eigenvalue weighted by Crippen LogP contribution is -2.22. The molecule has 0 atom stereocenters. The number of halogens is 1. The first kappa shape index (κ1) is 15.6. The largest absolute Gasteiger partial charge is 0.364 e. The monoisotopic (exact) mass is 319 g/mol. The van der Waals surface area contributed by atoms with Crippen LogP contribution in [0.1, 0.15) is 5.56 Å². The van der Waals surface area contributed by atoms with Crippen LogP contribution in [0.3, 0.4) is 0 Å². The maximum absolute atomic E-state index is 11.3. The summed E-state index contributed by atoms with van der Waals surface area (Å²) in [5, 5.41) is 20.2. The van der Waals surface area contributed by atoms with Gasteiger partial charge in [0.25, 0.3) is 5.69 Å². The van der Waals surface area contributed by atoms with Crippen LogP contribution in [0.25, 0.3) is 0 Å². The van der Waals surface area contributed by atoms with Gasteiger partial charge in [-0.3, -0.25) is 15.0 Å². The summed E-state index contributed by atoms with van der Waals surface area (Å²) < 4.78 is 5.07. The second-order valence-corrected chi connectivity index (χ2v) is 4.45. The van der Waals surface area contributed by atoms with Crippen LogP contribution in [0.5, 0.6) is 0 Å². The van der Waals surface area contributed by atoms with Crippen molar-refractivity contribution in [2.45, 2.75) is 0 Å². The van der Waals surface area contributed by atoms with E-state index in [2.05, 4.69) is 9.97 Å². The molecule has 112 valence electrons. The number of ether oxygens (including phenoxy) is 1. The molecule has 0 amide bonds. The zero-order valence-corrected chi connectivity index (χ0v) is 12.2. The maximum Gasteiger partial charge on any atom is 0.294 e. The van der Waals surface area contributed by atoms with Crippen molar-refractivity contribution in [1.29, 1.82) is 5.26 Å². The number of aromatic nitrogens is 2. The van der Waals surface area contributed by atoms with Gasteiger partial charge in [-0.25, -0.2) is 9.97 Å². The van der Waals surface area contributed by atoms with Crippen molar-refractivity contribution >= 4 is 28.8 Å². The topological polar surface area (TPSA) is 105 Å². The Balaban J connectivity index is 2.61. The van der Waals surface area contributed by atoms with Crippen molar-refractivity contribution in [2.24, 2.45) is 0 Å². The summed E-state index contributed by atoms with van der Waals surface area (Å²) in [6, 6.07) is 5.96. The molecule has 0 bridgehead atoms. The van der Waals surface area contributed by atoms with Gasteiger partial charge >= 0.3 is 0 Å². The molecular weight excluding hydrogens is 310 g/mol. The van der Waals surface area contributed by atoms with Gasteiger partial charge in [-0.1, -0.05) is 11.6 Å². The minimum Gasteiger partial charge on any atom is -0.364 e. The Morgan fingerprint density at radius 2 is 2.18 bits per heavy atom. The average Bonchev–Trinajstić information content (AvgIpc) is 2.53. The fourth-order valence-electron chi connectivity index (χ4n) is 1.84. The van der Waals surface area contributed by atoms with E-state index in [1.54, 1.807) is 0 Å². The van der Waals surface area contributed by atoms with Crippen LogP contribution in [-0.2, 0) is 4.74 Å². The first-order valence-electron chi connectivity index (χ1n) is 6.00. The Labute approximate surface area is 130 Å². The number of benzene rings is 1. The van der Waals surface area contributed by atoms with Gasteiger partial charge in [-0.2, -0.15) is 5.26 Å². The number of hydrogen-bond acceptors (Lipinski definition) is 7. The van der Waals surface area contributed by atoms with E-state index in [0.29, 0.717) is 0 Å². The zero-order chi connectivity index (χ0) is 16.1. The maximum atomic E-state index is 11.3. The van der Waals surface area contributed by atoms with Crippen molar-refractivity contribution in [3.63, 3.8) is 0 Å². The van der Waals surface area contributed by atoms with E-state index in [1.807, 2.05) is 6.07 Å². The third-order valence-electron chi connectivity index (χ3n) is 2.74. The summed E-state index contributed by atoms with van der Waals surface area (Å²) in [4.78, 5) is 20.1.